The maximum atomic E-state index is 12.5. The molecule has 6 nitrogen and oxygen atoms in total. The third-order valence-corrected chi connectivity index (χ3v) is 3.80. The molecule has 0 unspecified atom stereocenters. The fourth-order valence-electron chi connectivity index (χ4n) is 2.79. The van der Waals surface area contributed by atoms with Crippen molar-refractivity contribution in [3.05, 3.63) is 0 Å². The van der Waals surface area contributed by atoms with E-state index in [0.717, 1.165) is 39.3 Å². The quantitative estimate of drug-likeness (QED) is 0.697. The normalized spacial score (nSPS) is 14.9. The summed E-state index contributed by atoms with van der Waals surface area (Å²) in [6, 6.07) is 0. The van der Waals surface area contributed by atoms with Crippen LogP contribution in [0.4, 0.5) is 0 Å². The average molecular weight is 363 g/mol. The van der Waals surface area contributed by atoms with Crippen molar-refractivity contribution in [2.45, 2.75) is 27.7 Å². The first-order valence-corrected chi connectivity index (χ1v) is 8.74. The van der Waals surface area contributed by atoms with E-state index in [2.05, 4.69) is 33.0 Å². The van der Waals surface area contributed by atoms with Crippen molar-refractivity contribution < 1.29 is 9.59 Å². The van der Waals surface area contributed by atoms with E-state index in [1.165, 1.54) is 0 Å². The lowest BCUT2D eigenvalue weighted by atomic mass is 10.1. The summed E-state index contributed by atoms with van der Waals surface area (Å²) in [4.78, 5) is 30.4. The van der Waals surface area contributed by atoms with Crippen LogP contribution >= 0.6 is 12.4 Å². The number of nitrogens with one attached hydrogen (secondary N) is 1. The first kappa shape index (κ1) is 23.1. The van der Waals surface area contributed by atoms with Crippen LogP contribution in [0.3, 0.4) is 0 Å². The van der Waals surface area contributed by atoms with Crippen LogP contribution in [0.5, 0.6) is 0 Å². The predicted octanol–water partition coefficient (Wildman–Crippen LogP) is 0.912. The Bertz CT molecular complexity index is 375. The fraction of sp³-hybridized carbons (Fsp3) is 0.882. The maximum absolute atomic E-state index is 12.5. The zero-order chi connectivity index (χ0) is 17.4. The number of hydrogen-bond acceptors (Lipinski definition) is 4. The third kappa shape index (κ3) is 8.85. The van der Waals surface area contributed by atoms with Crippen molar-refractivity contribution >= 4 is 24.2 Å². The molecule has 0 radical (unpaired) electrons. The van der Waals surface area contributed by atoms with Crippen molar-refractivity contribution in [1.82, 2.24) is 20.0 Å². The molecule has 0 aromatic rings. The molecule has 2 amide bonds. The molecule has 0 aliphatic carbocycles. The number of likely N-dealkylation sites (N-methyl/N-ethyl adjacent to an activating group) is 1. The van der Waals surface area contributed by atoms with Gasteiger partial charge in [0.05, 0.1) is 13.1 Å². The molecule has 0 aromatic heterocycles. The molecule has 142 valence electrons. The minimum absolute atomic E-state index is 0. The van der Waals surface area contributed by atoms with Crippen LogP contribution in [0, 0.1) is 11.8 Å². The van der Waals surface area contributed by atoms with E-state index in [1.807, 2.05) is 21.7 Å². The van der Waals surface area contributed by atoms with Crippen molar-refractivity contribution in [2.24, 2.45) is 11.8 Å². The zero-order valence-electron chi connectivity index (χ0n) is 15.9. The Kier molecular flexibility index (Phi) is 11.2. The highest BCUT2D eigenvalue weighted by atomic mass is 35.5. The molecule has 0 saturated carbocycles. The van der Waals surface area contributed by atoms with E-state index in [-0.39, 0.29) is 24.2 Å². The first-order valence-electron chi connectivity index (χ1n) is 8.74. The van der Waals surface area contributed by atoms with Crippen molar-refractivity contribution in [3.63, 3.8) is 0 Å². The second-order valence-electron chi connectivity index (χ2n) is 7.39. The Hall–Kier alpha value is -0.850. The van der Waals surface area contributed by atoms with E-state index in [9.17, 15) is 9.59 Å². The number of piperazine rings is 1. The van der Waals surface area contributed by atoms with Gasteiger partial charge in [0, 0.05) is 39.3 Å². The second-order valence-corrected chi connectivity index (χ2v) is 7.39. The molecule has 7 heteroatoms. The molecule has 1 rings (SSSR count). The number of nitrogens with zero attached hydrogens (tertiary/aromatic N) is 3. The molecule has 0 bridgehead atoms. The lowest BCUT2D eigenvalue weighted by molar-refractivity contribution is -0.136. The van der Waals surface area contributed by atoms with Gasteiger partial charge < -0.3 is 15.1 Å². The smallest absolute Gasteiger partial charge is 0.236 e. The molecule has 1 fully saturated rings. The largest absolute Gasteiger partial charge is 0.341 e. The highest BCUT2D eigenvalue weighted by Gasteiger charge is 2.21. The summed E-state index contributed by atoms with van der Waals surface area (Å²) in [6.45, 7) is 13.9. The summed E-state index contributed by atoms with van der Waals surface area (Å²) < 4.78 is 0. The molecule has 1 aliphatic rings. The summed E-state index contributed by atoms with van der Waals surface area (Å²) in [7, 11) is 1.85. The second kappa shape index (κ2) is 11.7. The average Bonchev–Trinajstić information content (AvgIpc) is 2.46. The molecule has 1 N–H and O–H groups in total. The number of rotatable bonds is 8. The Labute approximate surface area is 153 Å². The fourth-order valence-corrected chi connectivity index (χ4v) is 2.79. The Morgan fingerprint density at radius 2 is 1.50 bits per heavy atom. The Morgan fingerprint density at radius 1 is 1.00 bits per heavy atom. The first-order chi connectivity index (χ1) is 10.8. The molecule has 0 spiro atoms. The van der Waals surface area contributed by atoms with Gasteiger partial charge in [0.15, 0.2) is 0 Å². The van der Waals surface area contributed by atoms with Crippen molar-refractivity contribution in [2.75, 3.05) is 59.4 Å². The molecule has 0 atom stereocenters. The van der Waals surface area contributed by atoms with Crippen LogP contribution in [0.25, 0.3) is 0 Å². The van der Waals surface area contributed by atoms with E-state index < -0.39 is 0 Å². The summed E-state index contributed by atoms with van der Waals surface area (Å²) in [6.07, 6.45) is 0. The van der Waals surface area contributed by atoms with Gasteiger partial charge in [0.25, 0.3) is 0 Å². The van der Waals surface area contributed by atoms with Gasteiger partial charge in [-0.05, 0) is 18.9 Å². The molecule has 1 saturated heterocycles. The summed E-state index contributed by atoms with van der Waals surface area (Å²) in [5, 5.41) is 3.24. The van der Waals surface area contributed by atoms with Gasteiger partial charge in [-0.15, -0.1) is 12.4 Å². The molecular formula is C17H35ClN4O2. The topological polar surface area (TPSA) is 55.9 Å². The number of carbonyl (C=O) groups excluding carboxylic acids is 2. The van der Waals surface area contributed by atoms with Gasteiger partial charge in [-0.2, -0.15) is 0 Å². The lowest BCUT2D eigenvalue weighted by Crippen LogP contribution is -2.50. The minimum Gasteiger partial charge on any atom is -0.341 e. The highest BCUT2D eigenvalue weighted by Crippen LogP contribution is 2.05. The van der Waals surface area contributed by atoms with Gasteiger partial charge >= 0.3 is 0 Å². The monoisotopic (exact) mass is 362 g/mol. The van der Waals surface area contributed by atoms with Gasteiger partial charge in [0.2, 0.25) is 11.8 Å². The summed E-state index contributed by atoms with van der Waals surface area (Å²) in [5.41, 5.74) is 0. The predicted molar refractivity (Wildman–Crippen MR) is 100 cm³/mol. The Balaban J connectivity index is 0.00000529. The van der Waals surface area contributed by atoms with Crippen LogP contribution in [0.15, 0.2) is 0 Å². The van der Waals surface area contributed by atoms with Gasteiger partial charge in [-0.25, -0.2) is 0 Å². The summed E-state index contributed by atoms with van der Waals surface area (Å²) >= 11 is 0. The summed E-state index contributed by atoms with van der Waals surface area (Å²) in [5.74, 6) is 1.13. The maximum Gasteiger partial charge on any atom is 0.236 e. The molecule has 1 aliphatic heterocycles. The standard InChI is InChI=1S/C17H34N4O2.ClH/c1-14(2)10-21(11-15(3)4)17(23)13-19(5)12-16(22)20-8-6-18-7-9-20;/h14-15,18H,6-13H2,1-5H3;1H. The van der Waals surface area contributed by atoms with Crippen molar-refractivity contribution in [3.8, 4) is 0 Å². The SMILES string of the molecule is CC(C)CN(CC(C)C)C(=O)CN(C)CC(=O)N1CCNCC1.Cl. The molecule has 1 heterocycles. The van der Waals surface area contributed by atoms with E-state index in [0.29, 0.717) is 24.9 Å². The van der Waals surface area contributed by atoms with Gasteiger partial charge in [0.1, 0.15) is 0 Å². The van der Waals surface area contributed by atoms with Crippen LogP contribution in [0.2, 0.25) is 0 Å². The third-order valence-electron chi connectivity index (χ3n) is 3.80. The van der Waals surface area contributed by atoms with E-state index >= 15 is 0 Å². The number of carbonyl (C=O) groups is 2. The van der Waals surface area contributed by atoms with Crippen LogP contribution < -0.4 is 5.32 Å². The minimum atomic E-state index is 0. The number of hydrogen-bond donors (Lipinski definition) is 1. The number of halogens is 1. The highest BCUT2D eigenvalue weighted by molar-refractivity contribution is 5.85. The lowest BCUT2D eigenvalue weighted by Gasteiger charge is -2.31. The number of amides is 2. The molecular weight excluding hydrogens is 328 g/mol. The van der Waals surface area contributed by atoms with Gasteiger partial charge in [-0.3, -0.25) is 14.5 Å². The van der Waals surface area contributed by atoms with E-state index in [1.54, 1.807) is 0 Å². The van der Waals surface area contributed by atoms with Crippen LogP contribution in [0.1, 0.15) is 27.7 Å². The molecule has 24 heavy (non-hydrogen) atoms. The zero-order valence-corrected chi connectivity index (χ0v) is 16.7. The van der Waals surface area contributed by atoms with Gasteiger partial charge in [-0.1, -0.05) is 27.7 Å². The van der Waals surface area contributed by atoms with Crippen LogP contribution in [-0.2, 0) is 9.59 Å². The molecule has 0 aromatic carbocycles. The van der Waals surface area contributed by atoms with Crippen LogP contribution in [-0.4, -0.2) is 85.9 Å². The Morgan fingerprint density at radius 3 is 1.96 bits per heavy atom. The van der Waals surface area contributed by atoms with Crippen molar-refractivity contribution in [1.29, 1.82) is 0 Å². The van der Waals surface area contributed by atoms with E-state index in [4.69, 9.17) is 0 Å².